The maximum atomic E-state index is 12.3. The van der Waals surface area contributed by atoms with E-state index in [-0.39, 0.29) is 18.2 Å². The highest BCUT2D eigenvalue weighted by molar-refractivity contribution is 7.80. The van der Waals surface area contributed by atoms with Crippen LogP contribution >= 0.6 is 12.2 Å². The van der Waals surface area contributed by atoms with E-state index in [9.17, 15) is 13.6 Å². The molecule has 2 N–H and O–H groups in total. The van der Waals surface area contributed by atoms with Gasteiger partial charge in [-0.2, -0.15) is 8.78 Å². The lowest BCUT2D eigenvalue weighted by atomic mass is 10.3. The molecule has 1 aliphatic heterocycles. The molecule has 2 rings (SSSR count). The van der Waals surface area contributed by atoms with Gasteiger partial charge in [-0.15, -0.1) is 0 Å². The summed E-state index contributed by atoms with van der Waals surface area (Å²) in [7, 11) is 3.85. The summed E-state index contributed by atoms with van der Waals surface area (Å²) in [6.07, 6.45) is 0. The van der Waals surface area contributed by atoms with E-state index in [0.29, 0.717) is 10.8 Å². The molecule has 25 heavy (non-hydrogen) atoms. The van der Waals surface area contributed by atoms with Gasteiger partial charge in [0.1, 0.15) is 5.75 Å². The van der Waals surface area contributed by atoms with E-state index < -0.39 is 6.61 Å². The van der Waals surface area contributed by atoms with Crippen molar-refractivity contribution in [1.82, 2.24) is 9.80 Å². The van der Waals surface area contributed by atoms with Crippen molar-refractivity contribution in [2.45, 2.75) is 6.61 Å². The maximum absolute atomic E-state index is 12.3. The molecular weight excluding hydrogens is 350 g/mol. The highest BCUT2D eigenvalue weighted by atomic mass is 32.1. The monoisotopic (exact) mass is 373 g/mol. The lowest BCUT2D eigenvalue weighted by Gasteiger charge is -2.31. The van der Waals surface area contributed by atoms with Gasteiger partial charge < -0.3 is 24.8 Å². The van der Waals surface area contributed by atoms with Gasteiger partial charge in [0, 0.05) is 12.7 Å². The summed E-state index contributed by atoms with van der Waals surface area (Å²) in [5, 5.41) is 3.36. The molecule has 0 atom stereocenters. The number of alkyl halides is 2. The fourth-order valence-corrected chi connectivity index (χ4v) is 2.63. The fraction of sp³-hybridized carbons (Fsp3) is 0.500. The predicted octanol–water partition coefficient (Wildman–Crippen LogP) is 0.274. The molecule has 1 aromatic rings. The second kappa shape index (κ2) is 8.91. The van der Waals surface area contributed by atoms with Crippen LogP contribution in [-0.2, 0) is 4.79 Å². The molecular formula is C16H23F2N4O2S+. The number of benzene rings is 1. The third-order valence-electron chi connectivity index (χ3n) is 4.02. The smallest absolute Gasteiger partial charge is 0.387 e. The molecule has 1 aliphatic rings. The second-order valence-electron chi connectivity index (χ2n) is 6.03. The van der Waals surface area contributed by atoms with Crippen LogP contribution in [0.15, 0.2) is 24.3 Å². The molecule has 0 radical (unpaired) electrons. The average molecular weight is 373 g/mol. The number of piperazine rings is 1. The Kier molecular flexibility index (Phi) is 6.89. The molecule has 1 aromatic carbocycles. The molecule has 1 fully saturated rings. The molecule has 138 valence electrons. The van der Waals surface area contributed by atoms with Gasteiger partial charge in [0.25, 0.3) is 0 Å². The topological polar surface area (TPSA) is 49.2 Å². The summed E-state index contributed by atoms with van der Waals surface area (Å²) < 4.78 is 28.6. The Morgan fingerprint density at radius 2 is 1.96 bits per heavy atom. The van der Waals surface area contributed by atoms with Crippen molar-refractivity contribution >= 4 is 28.9 Å². The molecule has 0 bridgehead atoms. The fourth-order valence-electron chi connectivity index (χ4n) is 2.45. The minimum atomic E-state index is -2.85. The number of anilines is 1. The normalized spacial score (nSPS) is 15.2. The van der Waals surface area contributed by atoms with Crippen LogP contribution in [0.1, 0.15) is 0 Å². The van der Waals surface area contributed by atoms with Crippen molar-refractivity contribution < 1.29 is 23.2 Å². The minimum Gasteiger partial charge on any atom is -0.435 e. The van der Waals surface area contributed by atoms with Crippen LogP contribution in [-0.4, -0.2) is 74.3 Å². The van der Waals surface area contributed by atoms with Crippen molar-refractivity contribution in [2.75, 3.05) is 52.1 Å². The zero-order valence-corrected chi connectivity index (χ0v) is 15.1. The molecule has 0 aromatic heterocycles. The first-order valence-electron chi connectivity index (χ1n) is 8.01. The number of halogens is 2. The van der Waals surface area contributed by atoms with Gasteiger partial charge in [-0.3, -0.25) is 4.79 Å². The van der Waals surface area contributed by atoms with E-state index in [1.807, 2.05) is 4.90 Å². The van der Waals surface area contributed by atoms with Crippen molar-refractivity contribution in [3.8, 4) is 5.75 Å². The number of quaternary nitrogens is 1. The number of likely N-dealkylation sites (N-methyl/N-ethyl adjacent to an activating group) is 2. The van der Waals surface area contributed by atoms with Gasteiger partial charge in [-0.25, -0.2) is 0 Å². The Balaban J connectivity index is 1.82. The number of carbonyl (C=O) groups excluding carboxylic acids is 1. The van der Waals surface area contributed by atoms with Gasteiger partial charge >= 0.3 is 6.61 Å². The van der Waals surface area contributed by atoms with Crippen LogP contribution < -0.4 is 15.0 Å². The van der Waals surface area contributed by atoms with Crippen molar-refractivity contribution in [3.63, 3.8) is 0 Å². The van der Waals surface area contributed by atoms with Gasteiger partial charge in [0.15, 0.2) is 5.11 Å². The molecule has 0 saturated carbocycles. The number of carbonyl (C=O) groups is 1. The van der Waals surface area contributed by atoms with E-state index in [2.05, 4.69) is 17.1 Å². The Morgan fingerprint density at radius 3 is 2.52 bits per heavy atom. The number of rotatable bonds is 5. The molecule has 0 unspecified atom stereocenters. The van der Waals surface area contributed by atoms with Crippen LogP contribution in [0.3, 0.4) is 0 Å². The highest BCUT2D eigenvalue weighted by Gasteiger charge is 2.22. The first kappa shape index (κ1) is 19.3. The number of hydrogen-bond donors (Lipinski definition) is 2. The van der Waals surface area contributed by atoms with Crippen LogP contribution in [0, 0.1) is 0 Å². The standard InChI is InChI=1S/C16H22F2N4O2S/c1-20-7-9-22(10-8-20)14(23)11-21(2)16(25)19-12-3-5-13(6-4-12)24-15(17)18/h3-6,15H,7-11H2,1-2H3,(H,19,25)/p+1. The largest absolute Gasteiger partial charge is 0.435 e. The van der Waals surface area contributed by atoms with Gasteiger partial charge in [-0.1, -0.05) is 0 Å². The molecule has 9 heteroatoms. The van der Waals surface area contributed by atoms with Crippen molar-refractivity contribution in [3.05, 3.63) is 24.3 Å². The quantitative estimate of drug-likeness (QED) is 0.726. The molecule has 6 nitrogen and oxygen atoms in total. The van der Waals surface area contributed by atoms with Crippen LogP contribution in [0.5, 0.6) is 5.75 Å². The van der Waals surface area contributed by atoms with Crippen LogP contribution in [0.4, 0.5) is 14.5 Å². The molecule has 1 heterocycles. The lowest BCUT2D eigenvalue weighted by molar-refractivity contribution is -0.883. The van der Waals surface area contributed by atoms with Gasteiger partial charge in [-0.05, 0) is 36.5 Å². The third-order valence-corrected chi connectivity index (χ3v) is 4.43. The number of nitrogens with one attached hydrogen (secondary N) is 2. The van der Waals surface area contributed by atoms with Crippen LogP contribution in [0.25, 0.3) is 0 Å². The Bertz CT molecular complexity index is 592. The lowest BCUT2D eigenvalue weighted by Crippen LogP contribution is -3.12. The Labute approximate surface area is 151 Å². The highest BCUT2D eigenvalue weighted by Crippen LogP contribution is 2.18. The van der Waals surface area contributed by atoms with E-state index in [4.69, 9.17) is 12.2 Å². The van der Waals surface area contributed by atoms with E-state index in [1.54, 1.807) is 24.1 Å². The predicted molar refractivity (Wildman–Crippen MR) is 95.1 cm³/mol. The summed E-state index contributed by atoms with van der Waals surface area (Å²) in [5.74, 6) is 0.118. The van der Waals surface area contributed by atoms with Gasteiger partial charge in [0.2, 0.25) is 5.91 Å². The number of ether oxygens (including phenoxy) is 1. The van der Waals surface area contributed by atoms with E-state index >= 15 is 0 Å². The maximum Gasteiger partial charge on any atom is 0.387 e. The minimum absolute atomic E-state index is 0.0415. The molecule has 1 amide bonds. The third kappa shape index (κ3) is 6.09. The summed E-state index contributed by atoms with van der Waals surface area (Å²) in [4.78, 5) is 17.3. The zero-order chi connectivity index (χ0) is 18.4. The first-order chi connectivity index (χ1) is 11.8. The summed E-state index contributed by atoms with van der Waals surface area (Å²) in [5.41, 5.74) is 0.633. The number of hydrogen-bond acceptors (Lipinski definition) is 3. The number of thiocarbonyl (C=S) groups is 1. The van der Waals surface area contributed by atoms with Gasteiger partial charge in [0.05, 0.1) is 39.8 Å². The van der Waals surface area contributed by atoms with E-state index in [0.717, 1.165) is 26.2 Å². The van der Waals surface area contributed by atoms with E-state index in [1.165, 1.54) is 17.0 Å². The molecule has 0 aliphatic carbocycles. The zero-order valence-electron chi connectivity index (χ0n) is 14.3. The summed E-state index contributed by atoms with van der Waals surface area (Å²) in [6.45, 7) is 0.746. The van der Waals surface area contributed by atoms with Crippen LogP contribution in [0.2, 0.25) is 0 Å². The second-order valence-corrected chi connectivity index (χ2v) is 6.41. The van der Waals surface area contributed by atoms with Crippen molar-refractivity contribution in [2.24, 2.45) is 0 Å². The Morgan fingerprint density at radius 1 is 1.36 bits per heavy atom. The summed E-state index contributed by atoms with van der Waals surface area (Å²) >= 11 is 5.29. The van der Waals surface area contributed by atoms with Crippen molar-refractivity contribution in [1.29, 1.82) is 0 Å². The molecule has 0 spiro atoms. The average Bonchev–Trinajstić information content (AvgIpc) is 2.56. The summed E-state index contributed by atoms with van der Waals surface area (Å²) in [6, 6.07) is 6.02. The number of amides is 1. The molecule has 1 saturated heterocycles. The SMILES string of the molecule is CN(CC(=O)N1CC[NH+](C)CC1)C(=S)Nc1ccc(OC(F)F)cc1. The number of nitrogens with zero attached hydrogens (tertiary/aromatic N) is 2. The Hall–Kier alpha value is -2.00. The first-order valence-corrected chi connectivity index (χ1v) is 8.42.